The van der Waals surface area contributed by atoms with E-state index in [0.717, 1.165) is 12.1 Å². The van der Waals surface area contributed by atoms with Crippen LogP contribution >= 0.6 is 7.26 Å². The minimum Gasteiger partial charge on any atom is -0.200 e. The molecule has 4 aromatic carbocycles. The normalized spacial score (nSPS) is 13.3. The molecule has 7 heteroatoms. The van der Waals surface area contributed by atoms with Gasteiger partial charge in [0.05, 0.1) is 0 Å². The fraction of sp³-hybridized carbons (Fsp3) is 0.0714. The molecule has 178 valence electrons. The van der Waals surface area contributed by atoms with E-state index in [2.05, 4.69) is 0 Å². The molecule has 0 amide bonds. The predicted molar refractivity (Wildman–Crippen MR) is 131 cm³/mol. The Morgan fingerprint density at radius 3 is 1.11 bits per heavy atom. The molecule has 0 heterocycles. The summed E-state index contributed by atoms with van der Waals surface area (Å²) in [5.74, 6) is -2.50. The maximum atomic E-state index is 16.8. The van der Waals surface area contributed by atoms with Crippen molar-refractivity contribution in [2.24, 2.45) is 0 Å². The van der Waals surface area contributed by atoms with Crippen molar-refractivity contribution in [1.82, 2.24) is 0 Å². The largest absolute Gasteiger partial charge is 0.420 e. The van der Waals surface area contributed by atoms with E-state index >= 15 is 13.2 Å². The van der Waals surface area contributed by atoms with Crippen LogP contribution in [0.2, 0.25) is 0 Å². The van der Waals surface area contributed by atoms with E-state index in [1.165, 1.54) is 91.0 Å². The molecule has 0 unspecified atom stereocenters. The van der Waals surface area contributed by atoms with Gasteiger partial charge < -0.3 is 0 Å². The maximum Gasteiger partial charge on any atom is 0.420 e. The van der Waals surface area contributed by atoms with Crippen LogP contribution in [0.15, 0.2) is 127 Å². The molecule has 0 aliphatic carbocycles. The molecule has 0 aromatic heterocycles. The van der Waals surface area contributed by atoms with Crippen molar-refractivity contribution in [3.63, 3.8) is 0 Å². The number of benzene rings is 4. The van der Waals surface area contributed by atoms with Crippen LogP contribution in [-0.2, 0) is 0 Å². The highest BCUT2D eigenvalue weighted by atomic mass is 31.2. The second-order valence-electron chi connectivity index (χ2n) is 7.77. The summed E-state index contributed by atoms with van der Waals surface area (Å²) in [5.41, 5.74) is -7.17. The van der Waals surface area contributed by atoms with Crippen LogP contribution in [0.4, 0.5) is 26.3 Å². The molecule has 0 saturated carbocycles. The highest BCUT2D eigenvalue weighted by Crippen LogP contribution is 2.71. The first-order chi connectivity index (χ1) is 16.7. The van der Waals surface area contributed by atoms with Crippen LogP contribution in [-0.4, -0.2) is 11.8 Å². The zero-order valence-electron chi connectivity index (χ0n) is 18.3. The molecule has 0 bridgehead atoms. The standard InChI is InChI=1S/C28H20F6P/c29-26(25(27(30,31)32)21-13-5-1-6-14-21)28(33,34)35(22-15-7-2-8-16-22,23-17-9-3-10-18-23)24-19-11-4-12-20-24/h1-20H/q+1/b26-25-. The Morgan fingerprint density at radius 2 is 0.800 bits per heavy atom. The summed E-state index contributed by atoms with van der Waals surface area (Å²) in [6.45, 7) is 0. The Hall–Kier alpha value is -3.37. The topological polar surface area (TPSA) is 0 Å². The summed E-state index contributed by atoms with van der Waals surface area (Å²) in [4.78, 5) is 0. The van der Waals surface area contributed by atoms with Crippen LogP contribution < -0.4 is 15.9 Å². The third kappa shape index (κ3) is 4.39. The second-order valence-corrected chi connectivity index (χ2v) is 11.2. The van der Waals surface area contributed by atoms with Crippen molar-refractivity contribution in [1.29, 1.82) is 0 Å². The molecule has 0 nitrogen and oxygen atoms in total. The van der Waals surface area contributed by atoms with Crippen LogP contribution in [0.3, 0.4) is 0 Å². The van der Waals surface area contributed by atoms with Gasteiger partial charge in [0, 0.05) is 0 Å². The van der Waals surface area contributed by atoms with Gasteiger partial charge in [0.1, 0.15) is 21.5 Å². The summed E-state index contributed by atoms with van der Waals surface area (Å²) >= 11 is 0. The summed E-state index contributed by atoms with van der Waals surface area (Å²) in [6.07, 6.45) is -5.35. The van der Waals surface area contributed by atoms with E-state index in [9.17, 15) is 13.2 Å². The first-order valence-electron chi connectivity index (χ1n) is 10.7. The second kappa shape index (κ2) is 9.71. The van der Waals surface area contributed by atoms with Gasteiger partial charge in [-0.1, -0.05) is 84.9 Å². The molecule has 4 rings (SSSR count). The molecule has 0 atom stereocenters. The van der Waals surface area contributed by atoms with Crippen LogP contribution in [0.5, 0.6) is 0 Å². The molecule has 4 aromatic rings. The molecular formula is C28H20F6P+. The van der Waals surface area contributed by atoms with Crippen molar-refractivity contribution in [3.8, 4) is 0 Å². The molecular weight excluding hydrogens is 481 g/mol. The zero-order valence-corrected chi connectivity index (χ0v) is 19.2. The predicted octanol–water partition coefficient (Wildman–Crippen LogP) is 7.52. The molecule has 0 spiro atoms. The SMILES string of the molecule is F/C(=C(/c1ccccc1)C(F)(F)F)C(F)(F)[P+](c1ccccc1)(c1ccccc1)c1ccccc1. The molecule has 0 N–H and O–H groups in total. The van der Waals surface area contributed by atoms with E-state index in [4.69, 9.17) is 0 Å². The summed E-state index contributed by atoms with van der Waals surface area (Å²) in [6, 6.07) is 28.4. The monoisotopic (exact) mass is 501 g/mol. The van der Waals surface area contributed by atoms with Gasteiger partial charge in [0.2, 0.25) is 5.83 Å². The van der Waals surface area contributed by atoms with Crippen molar-refractivity contribution < 1.29 is 26.3 Å². The van der Waals surface area contributed by atoms with Crippen LogP contribution in [0, 0.1) is 0 Å². The lowest BCUT2D eigenvalue weighted by molar-refractivity contribution is -0.0720. The van der Waals surface area contributed by atoms with Crippen molar-refractivity contribution in [2.45, 2.75) is 11.8 Å². The molecule has 0 saturated heterocycles. The Bertz CT molecular complexity index is 1190. The van der Waals surface area contributed by atoms with Crippen molar-refractivity contribution >= 4 is 28.7 Å². The molecule has 35 heavy (non-hydrogen) atoms. The van der Waals surface area contributed by atoms with Crippen LogP contribution in [0.25, 0.3) is 5.57 Å². The average Bonchev–Trinajstić information content (AvgIpc) is 2.86. The Labute approximate surface area is 199 Å². The summed E-state index contributed by atoms with van der Waals surface area (Å²) in [7, 11) is -4.32. The van der Waals surface area contributed by atoms with Crippen molar-refractivity contribution in [3.05, 3.63) is 133 Å². The minimum absolute atomic E-state index is 0.0622. The van der Waals surface area contributed by atoms with E-state index in [-0.39, 0.29) is 15.9 Å². The van der Waals surface area contributed by atoms with Gasteiger partial charge in [-0.3, -0.25) is 0 Å². The minimum atomic E-state index is -5.35. The maximum absolute atomic E-state index is 16.8. The van der Waals surface area contributed by atoms with Gasteiger partial charge in [-0.25, -0.2) is 0 Å². The number of halogens is 6. The van der Waals surface area contributed by atoms with Gasteiger partial charge in [0.25, 0.3) is 0 Å². The molecule has 0 aliphatic heterocycles. The highest BCUT2D eigenvalue weighted by Gasteiger charge is 2.70. The van der Waals surface area contributed by atoms with Gasteiger partial charge >= 0.3 is 11.8 Å². The van der Waals surface area contributed by atoms with E-state index in [0.29, 0.717) is 0 Å². The van der Waals surface area contributed by atoms with Crippen LogP contribution in [0.1, 0.15) is 5.56 Å². The number of alkyl halides is 5. The quantitative estimate of drug-likeness (QED) is 0.189. The fourth-order valence-corrected chi connectivity index (χ4v) is 8.34. The van der Waals surface area contributed by atoms with Crippen molar-refractivity contribution in [2.75, 3.05) is 0 Å². The van der Waals surface area contributed by atoms with Gasteiger partial charge in [-0.2, -0.15) is 26.3 Å². The van der Waals surface area contributed by atoms with Gasteiger partial charge in [0.15, 0.2) is 7.26 Å². The Kier molecular flexibility index (Phi) is 6.86. The summed E-state index contributed by atoms with van der Waals surface area (Å²) < 4.78 is 92.1. The lowest BCUT2D eigenvalue weighted by Crippen LogP contribution is -2.44. The Morgan fingerprint density at radius 1 is 0.486 bits per heavy atom. The third-order valence-corrected chi connectivity index (χ3v) is 9.94. The first kappa shape index (κ1) is 24.7. The number of hydrogen-bond acceptors (Lipinski definition) is 0. The van der Waals surface area contributed by atoms with E-state index < -0.39 is 36.1 Å². The zero-order chi connectivity index (χ0) is 25.1. The van der Waals surface area contributed by atoms with E-state index in [1.807, 2.05) is 0 Å². The summed E-state index contributed by atoms with van der Waals surface area (Å²) in [5, 5.41) is 0.186. The van der Waals surface area contributed by atoms with E-state index in [1.54, 1.807) is 18.2 Å². The molecule has 0 fully saturated rings. The Balaban J connectivity index is 2.16. The average molecular weight is 501 g/mol. The van der Waals surface area contributed by atoms with Gasteiger partial charge in [-0.05, 0) is 42.0 Å². The lowest BCUT2D eigenvalue weighted by atomic mass is 10.0. The highest BCUT2D eigenvalue weighted by molar-refractivity contribution is 7.96. The molecule has 0 radical (unpaired) electrons. The number of allylic oxidation sites excluding steroid dienone is 2. The third-order valence-electron chi connectivity index (χ3n) is 5.68. The fourth-order valence-electron chi connectivity index (χ4n) is 4.21. The lowest BCUT2D eigenvalue weighted by Gasteiger charge is -2.33. The van der Waals surface area contributed by atoms with Gasteiger partial charge in [-0.15, -0.1) is 0 Å². The smallest absolute Gasteiger partial charge is 0.200 e. The first-order valence-corrected chi connectivity index (χ1v) is 12.5. The number of rotatable bonds is 6. The number of hydrogen-bond donors (Lipinski definition) is 0. The molecule has 0 aliphatic rings.